The fourth-order valence-electron chi connectivity index (χ4n) is 2.93. The molecule has 1 unspecified atom stereocenters. The molecule has 136 valence electrons. The molecule has 0 saturated carbocycles. The van der Waals surface area contributed by atoms with Gasteiger partial charge in [0, 0.05) is 12.0 Å². The number of benzene rings is 1. The second-order valence-electron chi connectivity index (χ2n) is 7.07. The van der Waals surface area contributed by atoms with Crippen molar-refractivity contribution in [1.29, 1.82) is 0 Å². The van der Waals surface area contributed by atoms with Crippen LogP contribution in [0.1, 0.15) is 38.3 Å². The molecule has 25 heavy (non-hydrogen) atoms. The number of allylic oxidation sites excluding steroid dienone is 2. The van der Waals surface area contributed by atoms with E-state index in [9.17, 15) is 9.90 Å². The second kappa shape index (κ2) is 7.31. The summed E-state index contributed by atoms with van der Waals surface area (Å²) in [5.41, 5.74) is 0.131. The number of carbonyl (C=O) groups excluding carboxylic acids is 1. The van der Waals surface area contributed by atoms with E-state index in [-0.39, 0.29) is 12.4 Å². The Morgan fingerprint density at radius 3 is 2.56 bits per heavy atom. The van der Waals surface area contributed by atoms with Crippen molar-refractivity contribution < 1.29 is 24.1 Å². The first-order chi connectivity index (χ1) is 11.7. The Hall–Kier alpha value is -2.27. The largest absolute Gasteiger partial charge is 0.504 e. The number of phenols is 1. The molecule has 1 atom stereocenters. The first-order valence-corrected chi connectivity index (χ1v) is 8.26. The van der Waals surface area contributed by atoms with Crippen molar-refractivity contribution in [2.75, 3.05) is 13.7 Å². The van der Waals surface area contributed by atoms with Crippen molar-refractivity contribution in [1.82, 2.24) is 0 Å². The van der Waals surface area contributed by atoms with Gasteiger partial charge in [-0.2, -0.15) is 0 Å². The van der Waals surface area contributed by atoms with E-state index in [4.69, 9.17) is 14.2 Å². The van der Waals surface area contributed by atoms with E-state index >= 15 is 0 Å². The number of carbonyl (C=O) groups is 1. The molecule has 0 fully saturated rings. The molecule has 0 spiro atoms. The SMILES string of the molecule is COc1c(O)ccc(C)c1C1(OCC(=O)OC(C)(C)C)C=CC=CC1. The van der Waals surface area contributed by atoms with E-state index in [1.807, 2.05) is 52.0 Å². The van der Waals surface area contributed by atoms with E-state index in [1.54, 1.807) is 12.1 Å². The van der Waals surface area contributed by atoms with Crippen LogP contribution in [-0.2, 0) is 19.9 Å². The van der Waals surface area contributed by atoms with Crippen molar-refractivity contribution in [3.8, 4) is 11.5 Å². The first kappa shape index (κ1) is 19.1. The fraction of sp³-hybridized carbons (Fsp3) is 0.450. The average Bonchev–Trinajstić information content (AvgIpc) is 2.54. The maximum absolute atomic E-state index is 12.1. The number of phenolic OH excluding ortho intramolecular Hbond substituents is 1. The van der Waals surface area contributed by atoms with E-state index in [0.29, 0.717) is 17.7 Å². The third-order valence-corrected chi connectivity index (χ3v) is 3.87. The van der Waals surface area contributed by atoms with Gasteiger partial charge in [-0.25, -0.2) is 4.79 Å². The van der Waals surface area contributed by atoms with Crippen LogP contribution in [0.15, 0.2) is 36.4 Å². The summed E-state index contributed by atoms with van der Waals surface area (Å²) in [7, 11) is 1.50. The molecule has 1 aromatic carbocycles. The Balaban J connectivity index is 2.37. The van der Waals surface area contributed by atoms with Crippen LogP contribution in [0.4, 0.5) is 0 Å². The highest BCUT2D eigenvalue weighted by Gasteiger charge is 2.37. The lowest BCUT2D eigenvalue weighted by Gasteiger charge is -2.34. The van der Waals surface area contributed by atoms with E-state index in [1.165, 1.54) is 7.11 Å². The molecule has 0 saturated heterocycles. The number of ether oxygens (including phenoxy) is 3. The van der Waals surface area contributed by atoms with Crippen LogP contribution in [0.25, 0.3) is 0 Å². The van der Waals surface area contributed by atoms with Gasteiger partial charge in [0.1, 0.15) is 17.8 Å². The number of hydrogen-bond acceptors (Lipinski definition) is 5. The van der Waals surface area contributed by atoms with Crippen LogP contribution in [0.5, 0.6) is 11.5 Å². The Morgan fingerprint density at radius 1 is 1.28 bits per heavy atom. The highest BCUT2D eigenvalue weighted by Crippen LogP contribution is 2.45. The van der Waals surface area contributed by atoms with Gasteiger partial charge in [-0.1, -0.05) is 24.3 Å². The lowest BCUT2D eigenvalue weighted by Crippen LogP contribution is -2.34. The van der Waals surface area contributed by atoms with Crippen LogP contribution in [0.2, 0.25) is 0 Å². The van der Waals surface area contributed by atoms with Crippen LogP contribution >= 0.6 is 0 Å². The minimum absolute atomic E-state index is 0.0336. The summed E-state index contributed by atoms with van der Waals surface area (Å²) in [5.74, 6) is -0.0537. The molecule has 1 aliphatic rings. The molecular formula is C20H26O5. The maximum Gasteiger partial charge on any atom is 0.332 e. The molecule has 5 heteroatoms. The summed E-state index contributed by atoms with van der Waals surface area (Å²) in [5, 5.41) is 10.2. The summed E-state index contributed by atoms with van der Waals surface area (Å²) in [6, 6.07) is 3.39. The van der Waals surface area contributed by atoms with Gasteiger partial charge < -0.3 is 19.3 Å². The van der Waals surface area contributed by atoms with Crippen LogP contribution in [0, 0.1) is 6.92 Å². The topological polar surface area (TPSA) is 65.0 Å². The zero-order valence-electron chi connectivity index (χ0n) is 15.5. The highest BCUT2D eigenvalue weighted by atomic mass is 16.6. The summed E-state index contributed by atoms with van der Waals surface area (Å²) < 4.78 is 16.8. The summed E-state index contributed by atoms with van der Waals surface area (Å²) in [4.78, 5) is 12.1. The molecule has 2 rings (SSSR count). The molecule has 0 bridgehead atoms. The van der Waals surface area contributed by atoms with Gasteiger partial charge in [-0.15, -0.1) is 0 Å². The molecule has 1 aromatic rings. The van der Waals surface area contributed by atoms with Crippen molar-refractivity contribution in [3.05, 3.63) is 47.6 Å². The molecule has 0 aromatic heterocycles. The minimum Gasteiger partial charge on any atom is -0.504 e. The Bertz CT molecular complexity index is 697. The third kappa shape index (κ3) is 4.42. The average molecular weight is 346 g/mol. The molecule has 1 aliphatic carbocycles. The van der Waals surface area contributed by atoms with Crippen molar-refractivity contribution in [3.63, 3.8) is 0 Å². The van der Waals surface area contributed by atoms with Gasteiger partial charge in [0.05, 0.1) is 7.11 Å². The smallest absolute Gasteiger partial charge is 0.332 e. The van der Waals surface area contributed by atoms with Crippen molar-refractivity contribution in [2.24, 2.45) is 0 Å². The molecule has 0 aliphatic heterocycles. The number of aryl methyl sites for hydroxylation is 1. The number of rotatable bonds is 5. The van der Waals surface area contributed by atoms with E-state index in [0.717, 1.165) is 5.56 Å². The lowest BCUT2D eigenvalue weighted by atomic mass is 9.83. The zero-order chi connectivity index (χ0) is 18.7. The van der Waals surface area contributed by atoms with E-state index < -0.39 is 17.2 Å². The van der Waals surface area contributed by atoms with Crippen LogP contribution < -0.4 is 4.74 Å². The van der Waals surface area contributed by atoms with Crippen LogP contribution in [0.3, 0.4) is 0 Å². The Labute approximate surface area is 148 Å². The monoisotopic (exact) mass is 346 g/mol. The third-order valence-electron chi connectivity index (χ3n) is 3.87. The van der Waals surface area contributed by atoms with Gasteiger partial charge in [-0.05, 0) is 45.4 Å². The Kier molecular flexibility index (Phi) is 5.58. The van der Waals surface area contributed by atoms with Crippen molar-refractivity contribution in [2.45, 2.75) is 45.3 Å². The summed E-state index contributed by atoms with van der Waals surface area (Å²) in [6.07, 6.45) is 8.13. The summed E-state index contributed by atoms with van der Waals surface area (Å²) >= 11 is 0. The fourth-order valence-corrected chi connectivity index (χ4v) is 2.93. The molecule has 1 N–H and O–H groups in total. The molecule has 5 nitrogen and oxygen atoms in total. The predicted octanol–water partition coefficient (Wildman–Crippen LogP) is 3.78. The zero-order valence-corrected chi connectivity index (χ0v) is 15.5. The quantitative estimate of drug-likeness (QED) is 0.822. The van der Waals surface area contributed by atoms with E-state index in [2.05, 4.69) is 0 Å². The normalized spacial score (nSPS) is 19.7. The molecule has 0 amide bonds. The predicted molar refractivity (Wildman–Crippen MR) is 95.8 cm³/mol. The first-order valence-electron chi connectivity index (χ1n) is 8.26. The van der Waals surface area contributed by atoms with Crippen molar-refractivity contribution >= 4 is 5.97 Å². The van der Waals surface area contributed by atoms with Gasteiger partial charge in [0.2, 0.25) is 0 Å². The number of hydrogen-bond donors (Lipinski definition) is 1. The van der Waals surface area contributed by atoms with Gasteiger partial charge in [0.15, 0.2) is 11.5 Å². The number of methoxy groups -OCH3 is 1. The molecular weight excluding hydrogens is 320 g/mol. The highest BCUT2D eigenvalue weighted by molar-refractivity contribution is 5.71. The molecule has 0 heterocycles. The number of aromatic hydroxyl groups is 1. The van der Waals surface area contributed by atoms with Gasteiger partial charge in [0.25, 0.3) is 0 Å². The maximum atomic E-state index is 12.1. The summed E-state index contributed by atoms with van der Waals surface area (Å²) in [6.45, 7) is 7.15. The standard InChI is InChI=1S/C20H26O5/c1-14-9-10-15(21)18(23-5)17(14)20(11-7-6-8-12-20)24-13-16(22)25-19(2,3)4/h6-11,21H,12-13H2,1-5H3. The Morgan fingerprint density at radius 2 is 2.00 bits per heavy atom. The lowest BCUT2D eigenvalue weighted by molar-refractivity contribution is -0.165. The molecule has 0 radical (unpaired) electrons. The minimum atomic E-state index is -0.903. The second-order valence-corrected chi connectivity index (χ2v) is 7.07. The van der Waals surface area contributed by atoms with Gasteiger partial charge in [-0.3, -0.25) is 0 Å². The van der Waals surface area contributed by atoms with Gasteiger partial charge >= 0.3 is 5.97 Å². The number of esters is 1. The van der Waals surface area contributed by atoms with Crippen LogP contribution in [-0.4, -0.2) is 30.4 Å².